The quantitative estimate of drug-likeness (QED) is 0.764. The number of benzene rings is 1. The van der Waals surface area contributed by atoms with Crippen molar-refractivity contribution in [3.8, 4) is 0 Å². The number of allylic oxidation sites excluding steroid dienone is 2. The highest BCUT2D eigenvalue weighted by Gasteiger charge is 2.60. The summed E-state index contributed by atoms with van der Waals surface area (Å²) in [5.74, 6) is 0.406. The molecule has 5 nitrogen and oxygen atoms in total. The van der Waals surface area contributed by atoms with Crippen LogP contribution in [-0.4, -0.2) is 37.8 Å². The van der Waals surface area contributed by atoms with Gasteiger partial charge >= 0.3 is 0 Å². The second-order valence-corrected chi connectivity index (χ2v) is 11.0. The van der Waals surface area contributed by atoms with E-state index in [1.807, 2.05) is 19.1 Å². The molecule has 1 amide bonds. The molecule has 0 bridgehead atoms. The Morgan fingerprint density at radius 2 is 1.71 bits per heavy atom. The highest BCUT2D eigenvalue weighted by atomic mass is 32.2. The number of aryl methyl sites for hydroxylation is 1. The lowest BCUT2D eigenvalue weighted by molar-refractivity contribution is -0.124. The van der Waals surface area contributed by atoms with Crippen LogP contribution >= 0.6 is 0 Å². The summed E-state index contributed by atoms with van der Waals surface area (Å²) in [5, 5.41) is 3.17. The standard InChI is InChI=1S/C22H32N2O3S/c1-15(2)14-19-20(22(19,4)5)21(25)23-17-10-12-24(13-11-17)28(26,27)18-8-6-16(3)7-9-18/h6-9,14,17,19-20H,10-13H2,1-5H3,(H,23,25)/t19-,20-/m0/s1. The minimum absolute atomic E-state index is 0.00314. The fraction of sp³-hybridized carbons (Fsp3) is 0.591. The van der Waals surface area contributed by atoms with E-state index in [-0.39, 0.29) is 23.3 Å². The SMILES string of the molecule is CC(C)=C[C@H]1[C@@H](C(=O)NC2CCN(S(=O)(=O)c3ccc(C)cc3)CC2)C1(C)C. The van der Waals surface area contributed by atoms with Gasteiger partial charge in [-0.2, -0.15) is 4.31 Å². The van der Waals surface area contributed by atoms with E-state index in [1.165, 1.54) is 9.88 Å². The average molecular weight is 405 g/mol. The van der Waals surface area contributed by atoms with Gasteiger partial charge in [-0.25, -0.2) is 8.42 Å². The molecule has 1 aliphatic heterocycles. The second-order valence-electron chi connectivity index (χ2n) is 9.07. The van der Waals surface area contributed by atoms with Crippen molar-refractivity contribution in [2.45, 2.75) is 58.4 Å². The molecular weight excluding hydrogens is 372 g/mol. The molecule has 2 atom stereocenters. The molecule has 1 aromatic carbocycles. The normalized spacial score (nSPS) is 25.2. The van der Waals surface area contributed by atoms with E-state index in [0.717, 1.165) is 5.56 Å². The van der Waals surface area contributed by atoms with Crippen LogP contribution in [0.2, 0.25) is 0 Å². The van der Waals surface area contributed by atoms with Gasteiger partial charge in [0.15, 0.2) is 0 Å². The summed E-state index contributed by atoms with van der Waals surface area (Å²) in [6, 6.07) is 7.01. The number of sulfonamides is 1. The third-order valence-corrected chi connectivity index (χ3v) is 8.08. The molecular formula is C22H32N2O3S. The van der Waals surface area contributed by atoms with Gasteiger partial charge in [-0.3, -0.25) is 4.79 Å². The molecule has 0 unspecified atom stereocenters. The van der Waals surface area contributed by atoms with Gasteiger partial charge < -0.3 is 5.32 Å². The Morgan fingerprint density at radius 3 is 2.25 bits per heavy atom. The van der Waals surface area contributed by atoms with Gasteiger partial charge in [-0.15, -0.1) is 0 Å². The summed E-state index contributed by atoms with van der Waals surface area (Å²) in [4.78, 5) is 13.1. The maximum absolute atomic E-state index is 12.8. The lowest BCUT2D eigenvalue weighted by atomic mass is 10.1. The third kappa shape index (κ3) is 4.18. The first kappa shape index (κ1) is 21.1. The lowest BCUT2D eigenvalue weighted by Gasteiger charge is -2.31. The van der Waals surface area contributed by atoms with Gasteiger partial charge in [0.05, 0.1) is 10.8 Å². The second kappa shape index (κ2) is 7.64. The molecule has 1 aromatic rings. The number of hydrogen-bond donors (Lipinski definition) is 1. The topological polar surface area (TPSA) is 66.5 Å². The maximum atomic E-state index is 12.8. The van der Waals surface area contributed by atoms with Crippen molar-refractivity contribution >= 4 is 15.9 Å². The van der Waals surface area contributed by atoms with E-state index in [1.54, 1.807) is 12.1 Å². The first-order chi connectivity index (χ1) is 13.0. The van der Waals surface area contributed by atoms with Crippen LogP contribution in [0.25, 0.3) is 0 Å². The minimum Gasteiger partial charge on any atom is -0.353 e. The van der Waals surface area contributed by atoms with Gasteiger partial charge in [-0.1, -0.05) is 43.2 Å². The number of rotatable bonds is 5. The Hall–Kier alpha value is -1.66. The van der Waals surface area contributed by atoms with Gasteiger partial charge in [0.1, 0.15) is 0 Å². The largest absolute Gasteiger partial charge is 0.353 e. The van der Waals surface area contributed by atoms with Crippen molar-refractivity contribution < 1.29 is 13.2 Å². The number of nitrogens with one attached hydrogen (secondary N) is 1. The zero-order chi connectivity index (χ0) is 20.7. The van der Waals surface area contributed by atoms with Crippen LogP contribution in [0.1, 0.15) is 46.1 Å². The van der Waals surface area contributed by atoms with E-state index >= 15 is 0 Å². The summed E-state index contributed by atoms with van der Waals surface area (Å²) in [5.41, 5.74) is 2.27. The van der Waals surface area contributed by atoms with Crippen LogP contribution in [0.15, 0.2) is 40.8 Å². The highest BCUT2D eigenvalue weighted by Crippen LogP contribution is 2.59. The van der Waals surface area contributed by atoms with Gasteiger partial charge in [0.25, 0.3) is 0 Å². The van der Waals surface area contributed by atoms with E-state index in [9.17, 15) is 13.2 Å². The van der Waals surface area contributed by atoms with Gasteiger partial charge in [0.2, 0.25) is 15.9 Å². The molecule has 1 N–H and O–H groups in total. The van der Waals surface area contributed by atoms with Crippen molar-refractivity contribution in [3.05, 3.63) is 41.5 Å². The fourth-order valence-corrected chi connectivity index (χ4v) is 5.71. The zero-order valence-electron chi connectivity index (χ0n) is 17.5. The Morgan fingerprint density at radius 1 is 1.14 bits per heavy atom. The molecule has 1 saturated carbocycles. The first-order valence-electron chi connectivity index (χ1n) is 10.1. The molecule has 0 spiro atoms. The number of piperidine rings is 1. The summed E-state index contributed by atoms with van der Waals surface area (Å²) in [6.45, 7) is 11.2. The predicted molar refractivity (Wildman–Crippen MR) is 111 cm³/mol. The van der Waals surface area contributed by atoms with Crippen LogP contribution in [0.5, 0.6) is 0 Å². The van der Waals surface area contributed by atoms with Crippen molar-refractivity contribution in [2.75, 3.05) is 13.1 Å². The number of nitrogens with zero attached hydrogens (tertiary/aromatic N) is 1. The Bertz CT molecular complexity index is 860. The molecule has 2 fully saturated rings. The fourth-order valence-electron chi connectivity index (χ4n) is 4.24. The molecule has 0 aromatic heterocycles. The van der Waals surface area contributed by atoms with Crippen LogP contribution in [0.3, 0.4) is 0 Å². The lowest BCUT2D eigenvalue weighted by Crippen LogP contribution is -2.47. The molecule has 1 heterocycles. The molecule has 6 heteroatoms. The Balaban J connectivity index is 1.57. The molecule has 1 saturated heterocycles. The van der Waals surface area contributed by atoms with Gasteiger partial charge in [-0.05, 0) is 57.1 Å². The third-order valence-electron chi connectivity index (χ3n) is 6.17. The number of carbonyl (C=O) groups is 1. The minimum atomic E-state index is -3.46. The van der Waals surface area contributed by atoms with E-state index < -0.39 is 10.0 Å². The van der Waals surface area contributed by atoms with E-state index in [2.05, 4.69) is 39.1 Å². The van der Waals surface area contributed by atoms with Crippen LogP contribution in [-0.2, 0) is 14.8 Å². The number of carbonyl (C=O) groups excluding carboxylic acids is 1. The zero-order valence-corrected chi connectivity index (χ0v) is 18.3. The Kier molecular flexibility index (Phi) is 5.74. The number of hydrogen-bond acceptors (Lipinski definition) is 3. The van der Waals surface area contributed by atoms with E-state index in [4.69, 9.17) is 0 Å². The molecule has 3 rings (SSSR count). The van der Waals surface area contributed by atoms with Crippen LogP contribution in [0.4, 0.5) is 0 Å². The smallest absolute Gasteiger partial charge is 0.243 e. The van der Waals surface area contributed by atoms with Crippen LogP contribution in [0, 0.1) is 24.2 Å². The summed E-state index contributed by atoms with van der Waals surface area (Å²) < 4.78 is 27.2. The van der Waals surface area contributed by atoms with Gasteiger partial charge in [0, 0.05) is 19.1 Å². The maximum Gasteiger partial charge on any atom is 0.243 e. The molecule has 28 heavy (non-hydrogen) atoms. The summed E-state index contributed by atoms with van der Waals surface area (Å²) in [6.07, 6.45) is 3.50. The Labute approximate surface area is 169 Å². The van der Waals surface area contributed by atoms with Crippen molar-refractivity contribution in [1.82, 2.24) is 9.62 Å². The first-order valence-corrected chi connectivity index (χ1v) is 11.5. The van der Waals surface area contributed by atoms with Crippen LogP contribution < -0.4 is 5.32 Å². The summed E-state index contributed by atoms with van der Waals surface area (Å²) >= 11 is 0. The number of amides is 1. The summed E-state index contributed by atoms with van der Waals surface area (Å²) in [7, 11) is -3.46. The monoisotopic (exact) mass is 404 g/mol. The van der Waals surface area contributed by atoms with Crippen molar-refractivity contribution in [3.63, 3.8) is 0 Å². The van der Waals surface area contributed by atoms with Crippen molar-refractivity contribution in [1.29, 1.82) is 0 Å². The predicted octanol–water partition coefficient (Wildman–Crippen LogP) is 3.50. The average Bonchev–Trinajstić information content (AvgIpc) is 3.15. The highest BCUT2D eigenvalue weighted by molar-refractivity contribution is 7.89. The van der Waals surface area contributed by atoms with Crippen molar-refractivity contribution in [2.24, 2.45) is 17.3 Å². The molecule has 1 aliphatic carbocycles. The molecule has 154 valence electrons. The molecule has 0 radical (unpaired) electrons. The molecule has 2 aliphatic rings. The van der Waals surface area contributed by atoms with E-state index in [0.29, 0.717) is 36.7 Å².